The Kier molecular flexibility index (Phi) is 3.50. The molecule has 0 aliphatic carbocycles. The van der Waals surface area contributed by atoms with E-state index in [1.165, 1.54) is 10.9 Å². The summed E-state index contributed by atoms with van der Waals surface area (Å²) in [6.07, 6.45) is 0. The Morgan fingerprint density at radius 3 is 2.71 bits per heavy atom. The molecule has 2 rings (SSSR count). The highest BCUT2D eigenvalue weighted by atomic mass is 16.3. The molecule has 0 aliphatic rings. The summed E-state index contributed by atoms with van der Waals surface area (Å²) in [5.74, 6) is 1.00. The summed E-state index contributed by atoms with van der Waals surface area (Å²) in [6.45, 7) is 3.02. The number of aryl methyl sites for hydroxylation is 1. The number of fused-ring (bicyclic) bond motifs is 1. The van der Waals surface area contributed by atoms with Crippen molar-refractivity contribution in [3.05, 3.63) is 35.6 Å². The smallest absolute Gasteiger partial charge is 0.134 e. The molecule has 1 aromatic heterocycles. The third-order valence-electron chi connectivity index (χ3n) is 2.93. The first kappa shape index (κ1) is 12.1. The van der Waals surface area contributed by atoms with Crippen LogP contribution in [0, 0.1) is 6.92 Å². The van der Waals surface area contributed by atoms with E-state index in [-0.39, 0.29) is 6.04 Å². The first-order valence-electron chi connectivity index (χ1n) is 5.92. The zero-order valence-corrected chi connectivity index (χ0v) is 10.9. The fraction of sp³-hybridized carbons (Fsp3) is 0.429. The second-order valence-corrected chi connectivity index (χ2v) is 4.79. The van der Waals surface area contributed by atoms with Crippen LogP contribution in [0.1, 0.15) is 17.4 Å². The van der Waals surface area contributed by atoms with Gasteiger partial charge in [-0.05, 0) is 46.3 Å². The van der Waals surface area contributed by atoms with E-state index in [1.807, 2.05) is 13.1 Å². The lowest BCUT2D eigenvalue weighted by atomic mass is 10.1. The van der Waals surface area contributed by atoms with E-state index in [1.54, 1.807) is 0 Å². The van der Waals surface area contributed by atoms with Crippen LogP contribution in [-0.2, 0) is 0 Å². The zero-order valence-electron chi connectivity index (χ0n) is 10.9. The average Bonchev–Trinajstić information content (AvgIpc) is 2.68. The molecule has 2 aromatic rings. The lowest BCUT2D eigenvalue weighted by Gasteiger charge is -2.18. The highest BCUT2D eigenvalue weighted by Crippen LogP contribution is 2.25. The average molecular weight is 232 g/mol. The molecule has 0 bridgehead atoms. The highest BCUT2D eigenvalue weighted by molar-refractivity contribution is 5.78. The van der Waals surface area contributed by atoms with Gasteiger partial charge in [0.05, 0.1) is 6.04 Å². The van der Waals surface area contributed by atoms with Gasteiger partial charge >= 0.3 is 0 Å². The Balaban J connectivity index is 2.34. The summed E-state index contributed by atoms with van der Waals surface area (Å²) in [5.41, 5.74) is 2.23. The molecular weight excluding hydrogens is 212 g/mol. The molecule has 1 N–H and O–H groups in total. The van der Waals surface area contributed by atoms with Crippen molar-refractivity contribution < 1.29 is 4.42 Å². The molecule has 0 amide bonds. The van der Waals surface area contributed by atoms with E-state index in [0.717, 1.165) is 17.9 Å². The molecule has 0 saturated carbocycles. The zero-order chi connectivity index (χ0) is 12.4. The van der Waals surface area contributed by atoms with Crippen LogP contribution in [0.4, 0.5) is 0 Å². The van der Waals surface area contributed by atoms with Gasteiger partial charge in [0.2, 0.25) is 0 Å². The maximum absolute atomic E-state index is 5.89. The molecule has 1 heterocycles. The van der Waals surface area contributed by atoms with Crippen molar-refractivity contribution in [3.8, 4) is 0 Å². The largest absolute Gasteiger partial charge is 0.459 e. The summed E-state index contributed by atoms with van der Waals surface area (Å²) < 4.78 is 5.89. The summed E-state index contributed by atoms with van der Waals surface area (Å²) in [6, 6.07) is 8.64. The van der Waals surface area contributed by atoms with Gasteiger partial charge in [-0.2, -0.15) is 0 Å². The Morgan fingerprint density at radius 2 is 2.06 bits per heavy atom. The Morgan fingerprint density at radius 1 is 1.29 bits per heavy atom. The van der Waals surface area contributed by atoms with Gasteiger partial charge in [0.15, 0.2) is 0 Å². The number of hydrogen-bond acceptors (Lipinski definition) is 3. The van der Waals surface area contributed by atoms with Gasteiger partial charge in [-0.15, -0.1) is 0 Å². The van der Waals surface area contributed by atoms with Crippen LogP contribution >= 0.6 is 0 Å². The molecule has 17 heavy (non-hydrogen) atoms. The quantitative estimate of drug-likeness (QED) is 0.878. The third-order valence-corrected chi connectivity index (χ3v) is 2.93. The molecular formula is C14H20N2O. The first-order chi connectivity index (χ1) is 8.10. The second-order valence-electron chi connectivity index (χ2n) is 4.79. The Bertz CT molecular complexity index is 502. The summed E-state index contributed by atoms with van der Waals surface area (Å²) >= 11 is 0. The maximum Gasteiger partial charge on any atom is 0.134 e. The molecule has 0 radical (unpaired) electrons. The molecule has 0 aliphatic heterocycles. The lowest BCUT2D eigenvalue weighted by Crippen LogP contribution is -2.28. The minimum atomic E-state index is 0.234. The van der Waals surface area contributed by atoms with Crippen LogP contribution in [0.2, 0.25) is 0 Å². The van der Waals surface area contributed by atoms with Gasteiger partial charge < -0.3 is 14.6 Å². The highest BCUT2D eigenvalue weighted by Gasteiger charge is 2.15. The number of rotatable bonds is 4. The molecule has 92 valence electrons. The van der Waals surface area contributed by atoms with Crippen LogP contribution < -0.4 is 5.32 Å². The van der Waals surface area contributed by atoms with Gasteiger partial charge in [0.25, 0.3) is 0 Å². The second kappa shape index (κ2) is 4.90. The van der Waals surface area contributed by atoms with E-state index in [0.29, 0.717) is 0 Å². The number of nitrogens with zero attached hydrogens (tertiary/aromatic N) is 1. The fourth-order valence-corrected chi connectivity index (χ4v) is 2.04. The van der Waals surface area contributed by atoms with Crippen molar-refractivity contribution in [1.29, 1.82) is 0 Å². The summed E-state index contributed by atoms with van der Waals surface area (Å²) in [7, 11) is 6.10. The molecule has 3 heteroatoms. The standard InChI is InChI=1S/C14H20N2O/c1-10-5-6-13-11(7-10)8-14(17-13)12(15-2)9-16(3)4/h5-8,12,15H,9H2,1-4H3. The van der Waals surface area contributed by atoms with E-state index >= 15 is 0 Å². The number of benzene rings is 1. The van der Waals surface area contributed by atoms with Gasteiger partial charge in [-0.3, -0.25) is 0 Å². The minimum Gasteiger partial charge on any atom is -0.459 e. The van der Waals surface area contributed by atoms with Crippen LogP contribution in [0.25, 0.3) is 11.0 Å². The van der Waals surface area contributed by atoms with Crippen molar-refractivity contribution in [2.75, 3.05) is 27.7 Å². The number of nitrogens with one attached hydrogen (secondary N) is 1. The van der Waals surface area contributed by atoms with Crippen molar-refractivity contribution >= 4 is 11.0 Å². The molecule has 0 fully saturated rings. The van der Waals surface area contributed by atoms with E-state index < -0.39 is 0 Å². The topological polar surface area (TPSA) is 28.4 Å². The number of likely N-dealkylation sites (N-methyl/N-ethyl adjacent to an activating group) is 2. The van der Waals surface area contributed by atoms with Gasteiger partial charge in [0, 0.05) is 11.9 Å². The first-order valence-corrected chi connectivity index (χ1v) is 5.92. The maximum atomic E-state index is 5.89. The molecule has 1 aromatic carbocycles. The van der Waals surface area contributed by atoms with Crippen molar-refractivity contribution in [2.24, 2.45) is 0 Å². The van der Waals surface area contributed by atoms with Crippen molar-refractivity contribution in [3.63, 3.8) is 0 Å². The Hall–Kier alpha value is -1.32. The van der Waals surface area contributed by atoms with E-state index in [9.17, 15) is 0 Å². The molecule has 1 unspecified atom stereocenters. The van der Waals surface area contributed by atoms with E-state index in [2.05, 4.69) is 49.4 Å². The predicted octanol–water partition coefficient (Wildman–Crippen LogP) is 2.56. The monoisotopic (exact) mass is 232 g/mol. The predicted molar refractivity (Wildman–Crippen MR) is 71.3 cm³/mol. The van der Waals surface area contributed by atoms with Crippen LogP contribution in [0.5, 0.6) is 0 Å². The summed E-state index contributed by atoms with van der Waals surface area (Å²) in [5, 5.41) is 4.47. The van der Waals surface area contributed by atoms with Crippen molar-refractivity contribution in [2.45, 2.75) is 13.0 Å². The molecule has 0 saturated heterocycles. The summed E-state index contributed by atoms with van der Waals surface area (Å²) in [4.78, 5) is 2.15. The SMILES string of the molecule is CNC(CN(C)C)c1cc2cc(C)ccc2o1. The van der Waals surface area contributed by atoms with E-state index in [4.69, 9.17) is 4.42 Å². The molecule has 3 nitrogen and oxygen atoms in total. The minimum absolute atomic E-state index is 0.234. The van der Waals surface area contributed by atoms with Crippen LogP contribution in [-0.4, -0.2) is 32.6 Å². The molecule has 0 spiro atoms. The normalized spacial score (nSPS) is 13.5. The van der Waals surface area contributed by atoms with Crippen LogP contribution in [0.3, 0.4) is 0 Å². The van der Waals surface area contributed by atoms with Crippen LogP contribution in [0.15, 0.2) is 28.7 Å². The van der Waals surface area contributed by atoms with Gasteiger partial charge in [-0.1, -0.05) is 11.6 Å². The number of furan rings is 1. The van der Waals surface area contributed by atoms with Gasteiger partial charge in [0.1, 0.15) is 11.3 Å². The van der Waals surface area contributed by atoms with Gasteiger partial charge in [-0.25, -0.2) is 0 Å². The lowest BCUT2D eigenvalue weighted by molar-refractivity contribution is 0.324. The molecule has 1 atom stereocenters. The number of hydrogen-bond donors (Lipinski definition) is 1. The Labute approximate surface area is 102 Å². The van der Waals surface area contributed by atoms with Crippen molar-refractivity contribution in [1.82, 2.24) is 10.2 Å². The fourth-order valence-electron chi connectivity index (χ4n) is 2.04. The third kappa shape index (κ3) is 2.68.